The summed E-state index contributed by atoms with van der Waals surface area (Å²) in [6, 6.07) is 13.1. The Balaban J connectivity index is 2.28. The molecule has 3 rings (SSSR count). The minimum Gasteiger partial charge on any atom is -0.508 e. The molecule has 0 aliphatic heterocycles. The van der Waals surface area contributed by atoms with Crippen LogP contribution in [0.25, 0.3) is 22.2 Å². The first kappa shape index (κ1) is 13.9. The summed E-state index contributed by atoms with van der Waals surface area (Å²) in [5, 5.41) is 19.5. The molecule has 22 heavy (non-hydrogen) atoms. The molecule has 5 heteroatoms. The molecule has 2 N–H and O–H groups in total. The molecule has 5 nitrogen and oxygen atoms in total. The summed E-state index contributed by atoms with van der Waals surface area (Å²) in [6.45, 7) is 0. The number of aromatic hydroxyl groups is 1. The van der Waals surface area contributed by atoms with Gasteiger partial charge in [0.15, 0.2) is 0 Å². The van der Waals surface area contributed by atoms with Crippen LogP contribution in [0.4, 0.5) is 0 Å². The fraction of sp³-hybridized carbons (Fsp3) is 0.0588. The maximum absolute atomic E-state index is 11.5. The number of aromatic carboxylic acids is 1. The lowest BCUT2D eigenvalue weighted by Gasteiger charge is -2.09. The molecular formula is C17H13NO4. The highest BCUT2D eigenvalue weighted by Crippen LogP contribution is 2.29. The smallest absolute Gasteiger partial charge is 0.336 e. The predicted molar refractivity (Wildman–Crippen MR) is 82.4 cm³/mol. The molecule has 0 bridgehead atoms. The van der Waals surface area contributed by atoms with Crippen molar-refractivity contribution >= 4 is 16.9 Å². The van der Waals surface area contributed by atoms with Gasteiger partial charge < -0.3 is 14.9 Å². The summed E-state index contributed by atoms with van der Waals surface area (Å²) in [4.78, 5) is 16.0. The second-order valence-corrected chi connectivity index (χ2v) is 4.79. The maximum Gasteiger partial charge on any atom is 0.336 e. The summed E-state index contributed by atoms with van der Waals surface area (Å²) < 4.78 is 5.13. The number of phenols is 1. The van der Waals surface area contributed by atoms with Gasteiger partial charge in [-0.3, -0.25) is 0 Å². The average molecular weight is 295 g/mol. The van der Waals surface area contributed by atoms with Gasteiger partial charge in [-0.2, -0.15) is 0 Å². The number of ether oxygens (including phenoxy) is 1. The van der Waals surface area contributed by atoms with Crippen LogP contribution in [0.1, 0.15) is 10.4 Å². The third kappa shape index (κ3) is 2.44. The Morgan fingerprint density at radius 3 is 2.64 bits per heavy atom. The van der Waals surface area contributed by atoms with Gasteiger partial charge in [0.2, 0.25) is 0 Å². The van der Waals surface area contributed by atoms with Crippen molar-refractivity contribution in [2.75, 3.05) is 7.11 Å². The molecule has 0 aliphatic rings. The maximum atomic E-state index is 11.5. The van der Waals surface area contributed by atoms with E-state index in [1.54, 1.807) is 42.5 Å². The number of hydrogen-bond donors (Lipinski definition) is 2. The van der Waals surface area contributed by atoms with Gasteiger partial charge >= 0.3 is 5.97 Å². The Labute approximate surface area is 126 Å². The molecule has 0 atom stereocenters. The van der Waals surface area contributed by atoms with Crippen molar-refractivity contribution in [1.82, 2.24) is 4.98 Å². The first-order chi connectivity index (χ1) is 10.6. The molecule has 2 aromatic carbocycles. The van der Waals surface area contributed by atoms with Crippen LogP contribution in [0.15, 0.2) is 48.5 Å². The quantitative estimate of drug-likeness (QED) is 0.775. The highest BCUT2D eigenvalue weighted by molar-refractivity contribution is 6.04. The number of hydrogen-bond acceptors (Lipinski definition) is 4. The number of pyridine rings is 1. The number of benzene rings is 2. The van der Waals surface area contributed by atoms with Gasteiger partial charge in [0.05, 0.1) is 23.9 Å². The zero-order valence-electron chi connectivity index (χ0n) is 11.8. The molecular weight excluding hydrogens is 282 g/mol. The highest BCUT2D eigenvalue weighted by atomic mass is 16.5. The number of carbonyl (C=O) groups is 1. The number of methoxy groups -OCH3 is 1. The zero-order chi connectivity index (χ0) is 15.7. The first-order valence-corrected chi connectivity index (χ1v) is 6.60. The molecule has 0 saturated carbocycles. The van der Waals surface area contributed by atoms with Gasteiger partial charge in [-0.05, 0) is 36.4 Å². The molecule has 3 aromatic rings. The van der Waals surface area contributed by atoms with E-state index < -0.39 is 5.97 Å². The van der Waals surface area contributed by atoms with E-state index in [-0.39, 0.29) is 11.3 Å². The van der Waals surface area contributed by atoms with Crippen molar-refractivity contribution in [3.8, 4) is 22.8 Å². The van der Waals surface area contributed by atoms with Crippen LogP contribution < -0.4 is 4.74 Å². The zero-order valence-corrected chi connectivity index (χ0v) is 11.8. The van der Waals surface area contributed by atoms with E-state index in [4.69, 9.17) is 4.74 Å². The van der Waals surface area contributed by atoms with Crippen molar-refractivity contribution in [2.24, 2.45) is 0 Å². The molecule has 0 aliphatic carbocycles. The summed E-state index contributed by atoms with van der Waals surface area (Å²) in [5.74, 6) is -0.366. The van der Waals surface area contributed by atoms with Crippen molar-refractivity contribution < 1.29 is 19.7 Å². The van der Waals surface area contributed by atoms with Gasteiger partial charge in [0.25, 0.3) is 0 Å². The van der Waals surface area contributed by atoms with Crippen LogP contribution >= 0.6 is 0 Å². The van der Waals surface area contributed by atoms with Crippen molar-refractivity contribution in [3.63, 3.8) is 0 Å². The average Bonchev–Trinajstić information content (AvgIpc) is 2.53. The summed E-state index contributed by atoms with van der Waals surface area (Å²) in [6.07, 6.45) is 0. The van der Waals surface area contributed by atoms with Crippen LogP contribution in [0.2, 0.25) is 0 Å². The Morgan fingerprint density at radius 2 is 1.95 bits per heavy atom. The first-order valence-electron chi connectivity index (χ1n) is 6.60. The van der Waals surface area contributed by atoms with Gasteiger partial charge in [-0.1, -0.05) is 12.1 Å². The fourth-order valence-electron chi connectivity index (χ4n) is 2.32. The van der Waals surface area contributed by atoms with Crippen LogP contribution in [0.5, 0.6) is 11.5 Å². The minimum absolute atomic E-state index is 0.103. The lowest BCUT2D eigenvalue weighted by molar-refractivity contribution is 0.0699. The number of carboxylic acid groups (broad SMARTS) is 1. The van der Waals surface area contributed by atoms with E-state index in [0.717, 1.165) is 0 Å². The third-order valence-corrected chi connectivity index (χ3v) is 3.39. The largest absolute Gasteiger partial charge is 0.508 e. The number of phenolic OH excluding ortho intramolecular Hbond substituents is 1. The Bertz CT molecular complexity index is 874. The number of fused-ring (bicyclic) bond motifs is 1. The van der Waals surface area contributed by atoms with Gasteiger partial charge in [0, 0.05) is 10.9 Å². The SMILES string of the molecule is COc1ccc2nc(-c3cccc(O)c3)cc(C(=O)O)c2c1. The number of rotatable bonds is 3. The molecule has 0 unspecified atom stereocenters. The summed E-state index contributed by atoms with van der Waals surface area (Å²) in [5.41, 5.74) is 1.84. The van der Waals surface area contributed by atoms with Crippen LogP contribution in [-0.4, -0.2) is 28.3 Å². The van der Waals surface area contributed by atoms with E-state index in [9.17, 15) is 15.0 Å². The van der Waals surface area contributed by atoms with Crippen LogP contribution in [0, 0.1) is 0 Å². The highest BCUT2D eigenvalue weighted by Gasteiger charge is 2.14. The predicted octanol–water partition coefficient (Wildman–Crippen LogP) is 3.31. The fourth-order valence-corrected chi connectivity index (χ4v) is 2.32. The molecule has 0 saturated heterocycles. The van der Waals surface area contributed by atoms with Crippen LogP contribution in [-0.2, 0) is 0 Å². The van der Waals surface area contributed by atoms with E-state index in [2.05, 4.69) is 4.98 Å². The van der Waals surface area contributed by atoms with Gasteiger partial charge in [-0.25, -0.2) is 9.78 Å². The molecule has 0 fully saturated rings. The second kappa shape index (κ2) is 5.37. The van der Waals surface area contributed by atoms with E-state index >= 15 is 0 Å². The van der Waals surface area contributed by atoms with E-state index in [1.807, 2.05) is 0 Å². The molecule has 1 aromatic heterocycles. The third-order valence-electron chi connectivity index (χ3n) is 3.39. The lowest BCUT2D eigenvalue weighted by Crippen LogP contribution is -2.00. The minimum atomic E-state index is -1.04. The molecule has 110 valence electrons. The molecule has 0 radical (unpaired) electrons. The summed E-state index contributed by atoms with van der Waals surface area (Å²) in [7, 11) is 1.52. The monoisotopic (exact) mass is 295 g/mol. The topological polar surface area (TPSA) is 79.7 Å². The van der Waals surface area contributed by atoms with Gasteiger partial charge in [-0.15, -0.1) is 0 Å². The molecule has 0 amide bonds. The van der Waals surface area contributed by atoms with E-state index in [1.165, 1.54) is 13.2 Å². The molecule has 1 heterocycles. The lowest BCUT2D eigenvalue weighted by atomic mass is 10.0. The number of aromatic nitrogens is 1. The van der Waals surface area contributed by atoms with E-state index in [0.29, 0.717) is 27.9 Å². The summed E-state index contributed by atoms with van der Waals surface area (Å²) >= 11 is 0. The Morgan fingerprint density at radius 1 is 1.14 bits per heavy atom. The van der Waals surface area contributed by atoms with Crippen LogP contribution in [0.3, 0.4) is 0 Å². The van der Waals surface area contributed by atoms with Crippen molar-refractivity contribution in [3.05, 3.63) is 54.1 Å². The van der Waals surface area contributed by atoms with Gasteiger partial charge in [0.1, 0.15) is 11.5 Å². The Hall–Kier alpha value is -3.08. The number of nitrogens with zero attached hydrogens (tertiary/aromatic N) is 1. The van der Waals surface area contributed by atoms with Crippen molar-refractivity contribution in [1.29, 1.82) is 0 Å². The number of carboxylic acids is 1. The normalized spacial score (nSPS) is 10.6. The Kier molecular flexibility index (Phi) is 3.39. The second-order valence-electron chi connectivity index (χ2n) is 4.79. The standard InChI is InChI=1S/C17H13NO4/c1-22-12-5-6-15-13(8-12)14(17(20)21)9-16(18-15)10-3-2-4-11(19)7-10/h2-9,19H,1H3,(H,20,21). The van der Waals surface area contributed by atoms with Crippen molar-refractivity contribution in [2.45, 2.75) is 0 Å². The molecule has 0 spiro atoms.